The Hall–Kier alpha value is -2.29. The van der Waals surface area contributed by atoms with Gasteiger partial charge in [-0.05, 0) is 45.4 Å². The summed E-state index contributed by atoms with van der Waals surface area (Å²) in [6.07, 6.45) is 0. The molecular formula is C27H36O3. The Labute approximate surface area is 181 Å². The van der Waals surface area contributed by atoms with Crippen molar-refractivity contribution in [2.24, 2.45) is 0 Å². The van der Waals surface area contributed by atoms with E-state index in [9.17, 15) is 9.90 Å². The minimum absolute atomic E-state index is 0.0489. The fourth-order valence-electron chi connectivity index (χ4n) is 4.12. The van der Waals surface area contributed by atoms with Gasteiger partial charge in [0.25, 0.3) is 0 Å². The van der Waals surface area contributed by atoms with E-state index in [1.54, 1.807) is 0 Å². The van der Waals surface area contributed by atoms with E-state index in [0.29, 0.717) is 11.5 Å². The second-order valence-corrected chi connectivity index (χ2v) is 11.8. The lowest BCUT2D eigenvalue weighted by Crippen LogP contribution is -2.17. The van der Waals surface area contributed by atoms with E-state index >= 15 is 0 Å². The lowest BCUT2D eigenvalue weighted by atomic mass is 9.76. The van der Waals surface area contributed by atoms with Gasteiger partial charge in [-0.3, -0.25) is 4.79 Å². The van der Waals surface area contributed by atoms with Gasteiger partial charge in [-0.1, -0.05) is 86.6 Å². The Morgan fingerprint density at radius 2 is 1.37 bits per heavy atom. The topological polar surface area (TPSA) is 46.5 Å². The summed E-state index contributed by atoms with van der Waals surface area (Å²) in [6, 6.07) is 8.23. The first-order valence-corrected chi connectivity index (χ1v) is 10.8. The molecule has 162 valence electrons. The van der Waals surface area contributed by atoms with Gasteiger partial charge in [0.15, 0.2) is 0 Å². The molecule has 1 N–H and O–H groups in total. The summed E-state index contributed by atoms with van der Waals surface area (Å²) in [5.74, 6) is 0.278. The summed E-state index contributed by atoms with van der Waals surface area (Å²) in [5, 5.41) is 10.6. The lowest BCUT2D eigenvalue weighted by molar-refractivity contribution is -0.133. The van der Waals surface area contributed by atoms with Gasteiger partial charge in [0.05, 0.1) is 0 Å². The highest BCUT2D eigenvalue weighted by Gasteiger charge is 2.40. The van der Waals surface area contributed by atoms with Gasteiger partial charge in [0, 0.05) is 11.1 Å². The molecule has 30 heavy (non-hydrogen) atoms. The van der Waals surface area contributed by atoms with Crippen LogP contribution in [0.15, 0.2) is 24.3 Å². The van der Waals surface area contributed by atoms with Crippen molar-refractivity contribution in [3.05, 3.63) is 57.6 Å². The number of hydrogen-bond acceptors (Lipinski definition) is 3. The monoisotopic (exact) mass is 408 g/mol. The summed E-state index contributed by atoms with van der Waals surface area (Å²) in [6.45, 7) is 21.1. The number of rotatable bonds is 1. The number of aromatic hydroxyl groups is 1. The zero-order valence-electron chi connectivity index (χ0n) is 20.2. The van der Waals surface area contributed by atoms with Gasteiger partial charge < -0.3 is 9.84 Å². The zero-order valence-corrected chi connectivity index (χ0v) is 20.2. The van der Waals surface area contributed by atoms with Crippen LogP contribution in [0, 0.1) is 6.92 Å². The maximum Gasteiger partial charge on any atom is 0.323 e. The molecule has 0 aromatic heterocycles. The third-order valence-corrected chi connectivity index (χ3v) is 6.01. The number of carbonyl (C=O) groups is 1. The Kier molecular flexibility index (Phi) is 5.13. The molecule has 0 saturated carbocycles. The molecule has 2 aromatic carbocycles. The normalized spacial score (nSPS) is 17.1. The molecule has 1 aliphatic heterocycles. The molecule has 3 rings (SSSR count). The summed E-state index contributed by atoms with van der Waals surface area (Å²) >= 11 is 0. The summed E-state index contributed by atoms with van der Waals surface area (Å²) in [5.41, 5.74) is 5.26. The predicted molar refractivity (Wildman–Crippen MR) is 123 cm³/mol. The van der Waals surface area contributed by atoms with E-state index in [1.807, 2.05) is 19.1 Å². The first kappa shape index (κ1) is 22.4. The van der Waals surface area contributed by atoms with E-state index in [2.05, 4.69) is 74.4 Å². The summed E-state index contributed by atoms with van der Waals surface area (Å²) in [7, 11) is 0. The van der Waals surface area contributed by atoms with Crippen molar-refractivity contribution < 1.29 is 14.6 Å². The second kappa shape index (κ2) is 6.87. The second-order valence-electron chi connectivity index (χ2n) is 11.8. The van der Waals surface area contributed by atoms with Crippen LogP contribution in [0.2, 0.25) is 0 Å². The molecule has 1 heterocycles. The fourth-order valence-corrected chi connectivity index (χ4v) is 4.12. The molecule has 0 aliphatic carbocycles. The van der Waals surface area contributed by atoms with Crippen LogP contribution in [0.5, 0.6) is 11.5 Å². The molecule has 2 aromatic rings. The first-order valence-electron chi connectivity index (χ1n) is 10.8. The largest absolute Gasteiger partial charge is 0.507 e. The zero-order chi connectivity index (χ0) is 22.8. The van der Waals surface area contributed by atoms with Gasteiger partial charge in [0.2, 0.25) is 0 Å². The maximum absolute atomic E-state index is 13.1. The van der Waals surface area contributed by atoms with Crippen LogP contribution in [-0.4, -0.2) is 11.1 Å². The fraction of sp³-hybridized carbons (Fsp3) is 0.519. The number of phenols is 1. The Bertz CT molecular complexity index is 1010. The minimum Gasteiger partial charge on any atom is -0.507 e. The number of ether oxygens (including phenoxy) is 1. The highest BCUT2D eigenvalue weighted by molar-refractivity contribution is 5.90. The predicted octanol–water partition coefficient (Wildman–Crippen LogP) is 6.64. The van der Waals surface area contributed by atoms with E-state index in [-0.39, 0.29) is 22.2 Å². The van der Waals surface area contributed by atoms with Crippen molar-refractivity contribution in [3.63, 3.8) is 0 Å². The van der Waals surface area contributed by atoms with E-state index in [0.717, 1.165) is 27.8 Å². The number of esters is 1. The molecule has 3 heteroatoms. The number of benzene rings is 2. The SMILES string of the molecule is Cc1cc(C2C(=O)Oc3c2cc(C(C)(C)C)cc3C(C)(C)C)cc(C(C)(C)C)c1O. The molecule has 0 saturated heterocycles. The molecule has 3 nitrogen and oxygen atoms in total. The van der Waals surface area contributed by atoms with Crippen molar-refractivity contribution >= 4 is 5.97 Å². The number of phenolic OH excluding ortho intramolecular Hbond substituents is 1. The Balaban J connectivity index is 2.30. The van der Waals surface area contributed by atoms with Crippen molar-refractivity contribution in [2.75, 3.05) is 0 Å². The molecule has 0 radical (unpaired) electrons. The lowest BCUT2D eigenvalue weighted by Gasteiger charge is -2.27. The molecule has 0 amide bonds. The third-order valence-electron chi connectivity index (χ3n) is 6.01. The molecular weight excluding hydrogens is 372 g/mol. The molecule has 0 spiro atoms. The van der Waals surface area contributed by atoms with E-state index < -0.39 is 5.92 Å². The number of fused-ring (bicyclic) bond motifs is 1. The van der Waals surface area contributed by atoms with Gasteiger partial charge in [-0.2, -0.15) is 0 Å². The smallest absolute Gasteiger partial charge is 0.323 e. The Morgan fingerprint density at radius 1 is 0.800 bits per heavy atom. The van der Waals surface area contributed by atoms with Crippen molar-refractivity contribution in [3.8, 4) is 11.5 Å². The van der Waals surface area contributed by atoms with Crippen molar-refractivity contribution in [1.29, 1.82) is 0 Å². The van der Waals surface area contributed by atoms with Crippen LogP contribution >= 0.6 is 0 Å². The number of carbonyl (C=O) groups excluding carboxylic acids is 1. The highest BCUT2D eigenvalue weighted by Crippen LogP contribution is 2.48. The standard InChI is InChI=1S/C27H36O3/c1-15-11-16(12-19(22(15)28)26(5,6)7)21-18-13-17(25(2,3)4)14-20(27(8,9)10)23(18)30-24(21)29/h11-14,21,28H,1-10H3. The summed E-state index contributed by atoms with van der Waals surface area (Å²) in [4.78, 5) is 13.1. The molecule has 0 bridgehead atoms. The van der Waals surface area contributed by atoms with Gasteiger partial charge >= 0.3 is 5.97 Å². The van der Waals surface area contributed by atoms with Crippen LogP contribution in [-0.2, 0) is 21.0 Å². The number of aryl methyl sites for hydroxylation is 1. The van der Waals surface area contributed by atoms with Gasteiger partial charge in [-0.25, -0.2) is 0 Å². The van der Waals surface area contributed by atoms with Crippen LogP contribution in [0.3, 0.4) is 0 Å². The molecule has 0 fully saturated rings. The van der Waals surface area contributed by atoms with E-state index in [4.69, 9.17) is 4.74 Å². The molecule has 1 unspecified atom stereocenters. The van der Waals surface area contributed by atoms with Crippen LogP contribution in [0.25, 0.3) is 0 Å². The van der Waals surface area contributed by atoms with E-state index in [1.165, 1.54) is 5.56 Å². The number of hydrogen-bond donors (Lipinski definition) is 1. The first-order chi connectivity index (χ1) is 13.5. The summed E-state index contributed by atoms with van der Waals surface area (Å²) < 4.78 is 5.89. The minimum atomic E-state index is -0.483. The van der Waals surface area contributed by atoms with Crippen molar-refractivity contribution in [1.82, 2.24) is 0 Å². The Morgan fingerprint density at radius 3 is 1.87 bits per heavy atom. The average molecular weight is 409 g/mol. The van der Waals surface area contributed by atoms with Crippen LogP contribution < -0.4 is 4.74 Å². The van der Waals surface area contributed by atoms with Crippen molar-refractivity contribution in [2.45, 2.75) is 91.4 Å². The van der Waals surface area contributed by atoms with Gasteiger partial charge in [0.1, 0.15) is 17.4 Å². The quantitative estimate of drug-likeness (QED) is 0.425. The molecule has 1 aliphatic rings. The molecule has 1 atom stereocenters. The average Bonchev–Trinajstić information content (AvgIpc) is 2.89. The maximum atomic E-state index is 13.1. The van der Waals surface area contributed by atoms with Crippen LogP contribution in [0.1, 0.15) is 102 Å². The highest BCUT2D eigenvalue weighted by atomic mass is 16.5. The third kappa shape index (κ3) is 3.87. The van der Waals surface area contributed by atoms with Crippen LogP contribution in [0.4, 0.5) is 0 Å². The van der Waals surface area contributed by atoms with Gasteiger partial charge in [-0.15, -0.1) is 0 Å².